The van der Waals surface area contributed by atoms with Crippen LogP contribution in [0.5, 0.6) is 0 Å². The molecule has 0 rings (SSSR count). The Labute approximate surface area is 134 Å². The van der Waals surface area contributed by atoms with Crippen LogP contribution in [0.25, 0.3) is 0 Å². The maximum Gasteiger partial charge on any atom is 0.333 e. The van der Waals surface area contributed by atoms with E-state index in [0.717, 1.165) is 6.92 Å². The summed E-state index contributed by atoms with van der Waals surface area (Å²) in [7, 11) is 0. The van der Waals surface area contributed by atoms with E-state index >= 15 is 0 Å². The van der Waals surface area contributed by atoms with E-state index in [1.165, 1.54) is 0 Å². The summed E-state index contributed by atoms with van der Waals surface area (Å²) in [5.41, 5.74) is -0.0842. The fourth-order valence-electron chi connectivity index (χ4n) is 1.89. The SMILES string of the molecule is C=C(CC(O)[C@@H](NC(C)=O)[C@@H](O)[C@H](O)[C@H](O)CO)C(=O)OCC. The monoisotopic (exact) mass is 335 g/mol. The Morgan fingerprint density at radius 3 is 2.13 bits per heavy atom. The van der Waals surface area contributed by atoms with Gasteiger partial charge in [-0.25, -0.2) is 4.79 Å². The van der Waals surface area contributed by atoms with Crippen LogP contribution in [0.4, 0.5) is 0 Å². The number of ether oxygens (including phenoxy) is 1. The summed E-state index contributed by atoms with van der Waals surface area (Å²) in [5.74, 6) is -1.35. The number of hydrogen-bond acceptors (Lipinski definition) is 8. The molecule has 23 heavy (non-hydrogen) atoms. The molecule has 0 aliphatic rings. The number of carbonyl (C=O) groups is 2. The zero-order valence-corrected chi connectivity index (χ0v) is 13.2. The van der Waals surface area contributed by atoms with Gasteiger partial charge in [0.25, 0.3) is 0 Å². The zero-order valence-electron chi connectivity index (χ0n) is 13.2. The number of rotatable bonds is 10. The van der Waals surface area contributed by atoms with E-state index < -0.39 is 48.9 Å². The van der Waals surface area contributed by atoms with Crippen LogP contribution in [0.15, 0.2) is 12.2 Å². The van der Waals surface area contributed by atoms with Gasteiger partial charge in [-0.2, -0.15) is 0 Å². The molecule has 0 radical (unpaired) electrons. The van der Waals surface area contributed by atoms with E-state index in [-0.39, 0.29) is 18.6 Å². The van der Waals surface area contributed by atoms with Crippen molar-refractivity contribution in [3.8, 4) is 0 Å². The van der Waals surface area contributed by atoms with Crippen LogP contribution in [-0.4, -0.2) is 81.1 Å². The Balaban J connectivity index is 5.04. The second kappa shape index (κ2) is 10.3. The molecule has 0 aliphatic carbocycles. The first-order valence-corrected chi connectivity index (χ1v) is 7.10. The molecule has 6 N–H and O–H groups in total. The van der Waals surface area contributed by atoms with E-state index in [4.69, 9.17) is 9.84 Å². The van der Waals surface area contributed by atoms with E-state index in [2.05, 4.69) is 11.9 Å². The molecule has 0 aliphatic heterocycles. The zero-order chi connectivity index (χ0) is 18.2. The van der Waals surface area contributed by atoms with Crippen LogP contribution in [-0.2, 0) is 14.3 Å². The molecular formula is C14H25NO8. The Bertz CT molecular complexity index is 414. The van der Waals surface area contributed by atoms with Crippen LogP contribution in [0.1, 0.15) is 20.3 Å². The fourth-order valence-corrected chi connectivity index (χ4v) is 1.89. The van der Waals surface area contributed by atoms with E-state index in [1.54, 1.807) is 6.92 Å². The normalized spacial score (nSPS) is 17.5. The first kappa shape index (κ1) is 21.5. The van der Waals surface area contributed by atoms with E-state index in [1.807, 2.05) is 0 Å². The Kier molecular flexibility index (Phi) is 9.61. The maximum absolute atomic E-state index is 11.5. The van der Waals surface area contributed by atoms with Crippen LogP contribution in [0.3, 0.4) is 0 Å². The Morgan fingerprint density at radius 1 is 1.13 bits per heavy atom. The molecule has 0 saturated heterocycles. The first-order chi connectivity index (χ1) is 10.6. The standard InChI is InChI=1S/C14H25NO8/c1-4-23-14(22)7(2)5-9(18)11(15-8(3)17)13(21)12(20)10(19)6-16/h9-13,16,18-21H,2,4-6H2,1,3H3,(H,15,17)/t9?,10-,11-,12-,13-/m1/s1. The summed E-state index contributed by atoms with van der Waals surface area (Å²) >= 11 is 0. The molecule has 0 aromatic rings. The quantitative estimate of drug-likeness (QED) is 0.188. The van der Waals surface area contributed by atoms with Gasteiger partial charge in [0, 0.05) is 18.9 Å². The second-order valence-electron chi connectivity index (χ2n) is 5.05. The van der Waals surface area contributed by atoms with Gasteiger partial charge in [-0.15, -0.1) is 0 Å². The molecule has 9 heteroatoms. The number of amides is 1. The third-order valence-electron chi connectivity index (χ3n) is 3.10. The number of carbonyl (C=O) groups excluding carboxylic acids is 2. The van der Waals surface area contributed by atoms with Gasteiger partial charge in [-0.1, -0.05) is 6.58 Å². The lowest BCUT2D eigenvalue weighted by atomic mass is 9.93. The number of esters is 1. The topological polar surface area (TPSA) is 157 Å². The molecule has 0 heterocycles. The number of hydrogen-bond donors (Lipinski definition) is 6. The largest absolute Gasteiger partial charge is 0.463 e. The molecule has 0 bridgehead atoms. The number of aliphatic hydroxyl groups excluding tert-OH is 5. The average Bonchev–Trinajstić information content (AvgIpc) is 2.50. The highest BCUT2D eigenvalue weighted by molar-refractivity contribution is 5.87. The molecule has 1 unspecified atom stereocenters. The lowest BCUT2D eigenvalue weighted by Crippen LogP contribution is -2.57. The van der Waals surface area contributed by atoms with Crippen LogP contribution in [0.2, 0.25) is 0 Å². The van der Waals surface area contributed by atoms with Crippen LogP contribution < -0.4 is 5.32 Å². The average molecular weight is 335 g/mol. The maximum atomic E-state index is 11.5. The predicted molar refractivity (Wildman–Crippen MR) is 79.1 cm³/mol. The molecule has 0 spiro atoms. The van der Waals surface area contributed by atoms with Gasteiger partial charge in [-0.3, -0.25) is 4.79 Å². The van der Waals surface area contributed by atoms with Crippen molar-refractivity contribution < 1.29 is 39.9 Å². The summed E-state index contributed by atoms with van der Waals surface area (Å²) in [6, 6.07) is -1.39. The van der Waals surface area contributed by atoms with Crippen molar-refractivity contribution in [2.45, 2.75) is 50.7 Å². The van der Waals surface area contributed by atoms with Crippen molar-refractivity contribution in [3.05, 3.63) is 12.2 Å². The molecule has 5 atom stereocenters. The third-order valence-corrected chi connectivity index (χ3v) is 3.10. The van der Waals surface area contributed by atoms with Gasteiger partial charge in [0.1, 0.15) is 18.3 Å². The number of aliphatic hydroxyl groups is 5. The van der Waals surface area contributed by atoms with Crippen LogP contribution >= 0.6 is 0 Å². The molecular weight excluding hydrogens is 310 g/mol. The minimum absolute atomic E-state index is 0.0842. The summed E-state index contributed by atoms with van der Waals surface area (Å²) in [5, 5.41) is 50.2. The Morgan fingerprint density at radius 2 is 1.70 bits per heavy atom. The predicted octanol–water partition coefficient (Wildman–Crippen LogP) is -2.56. The summed E-state index contributed by atoms with van der Waals surface area (Å²) in [4.78, 5) is 22.7. The highest BCUT2D eigenvalue weighted by Gasteiger charge is 2.36. The molecule has 0 saturated carbocycles. The molecule has 9 nitrogen and oxygen atoms in total. The van der Waals surface area contributed by atoms with Gasteiger partial charge in [0.2, 0.25) is 5.91 Å². The lowest BCUT2D eigenvalue weighted by Gasteiger charge is -2.32. The third kappa shape index (κ3) is 7.06. The Hall–Kier alpha value is -1.52. The lowest BCUT2D eigenvalue weighted by molar-refractivity contribution is -0.139. The molecule has 0 fully saturated rings. The molecule has 0 aromatic heterocycles. The summed E-state index contributed by atoms with van der Waals surface area (Å²) in [6.45, 7) is 5.47. The summed E-state index contributed by atoms with van der Waals surface area (Å²) < 4.78 is 4.71. The van der Waals surface area contributed by atoms with Crippen molar-refractivity contribution in [3.63, 3.8) is 0 Å². The van der Waals surface area contributed by atoms with Gasteiger partial charge >= 0.3 is 5.97 Å². The number of nitrogens with one attached hydrogen (secondary N) is 1. The highest BCUT2D eigenvalue weighted by Crippen LogP contribution is 2.15. The van der Waals surface area contributed by atoms with Crippen molar-refractivity contribution in [2.75, 3.05) is 13.2 Å². The van der Waals surface area contributed by atoms with Crippen LogP contribution in [0, 0.1) is 0 Å². The van der Waals surface area contributed by atoms with Crippen molar-refractivity contribution >= 4 is 11.9 Å². The smallest absolute Gasteiger partial charge is 0.333 e. The molecule has 0 aromatic carbocycles. The second-order valence-corrected chi connectivity index (χ2v) is 5.05. The minimum atomic E-state index is -1.82. The molecule has 1 amide bonds. The van der Waals surface area contributed by atoms with Crippen molar-refractivity contribution in [1.82, 2.24) is 5.32 Å². The van der Waals surface area contributed by atoms with Gasteiger partial charge < -0.3 is 35.6 Å². The molecule has 134 valence electrons. The first-order valence-electron chi connectivity index (χ1n) is 7.10. The highest BCUT2D eigenvalue weighted by atomic mass is 16.5. The fraction of sp³-hybridized carbons (Fsp3) is 0.714. The van der Waals surface area contributed by atoms with E-state index in [9.17, 15) is 30.0 Å². The van der Waals surface area contributed by atoms with E-state index in [0.29, 0.717) is 0 Å². The minimum Gasteiger partial charge on any atom is -0.463 e. The van der Waals surface area contributed by atoms with Gasteiger partial charge in [0.15, 0.2) is 0 Å². The van der Waals surface area contributed by atoms with Gasteiger partial charge in [-0.05, 0) is 6.92 Å². The van der Waals surface area contributed by atoms with Crippen molar-refractivity contribution in [1.29, 1.82) is 0 Å². The van der Waals surface area contributed by atoms with Crippen molar-refractivity contribution in [2.24, 2.45) is 0 Å². The summed E-state index contributed by atoms with van der Waals surface area (Å²) in [6.07, 6.45) is -7.08. The van der Waals surface area contributed by atoms with Gasteiger partial charge in [0.05, 0.1) is 25.4 Å².